The molecule has 1 aliphatic heterocycles. The van der Waals surface area contributed by atoms with Gasteiger partial charge in [0.2, 0.25) is 0 Å². The fraction of sp³-hybridized carbons (Fsp3) is 0.400. The van der Waals surface area contributed by atoms with Gasteiger partial charge in [0.05, 0.1) is 0 Å². The Morgan fingerprint density at radius 3 is 2.68 bits per heavy atom. The lowest BCUT2D eigenvalue weighted by atomic mass is 10.1. The summed E-state index contributed by atoms with van der Waals surface area (Å²) in [6.45, 7) is 5.20. The van der Waals surface area contributed by atoms with Gasteiger partial charge in [-0.05, 0) is 49.1 Å². The van der Waals surface area contributed by atoms with Crippen molar-refractivity contribution in [1.82, 2.24) is 4.90 Å². The molecule has 0 aromatic heterocycles. The molecular formula is C20H25NO. The zero-order valence-corrected chi connectivity index (χ0v) is 13.4. The molecule has 0 spiro atoms. The van der Waals surface area contributed by atoms with Crippen LogP contribution in [0.4, 0.5) is 0 Å². The van der Waals surface area contributed by atoms with Crippen LogP contribution in [0.3, 0.4) is 0 Å². The molecular weight excluding hydrogens is 270 g/mol. The Labute approximate surface area is 133 Å². The fourth-order valence-corrected chi connectivity index (χ4v) is 3.27. The number of benzene rings is 2. The van der Waals surface area contributed by atoms with Gasteiger partial charge in [0.15, 0.2) is 0 Å². The Hall–Kier alpha value is -1.80. The molecule has 1 unspecified atom stereocenters. The first-order valence-corrected chi connectivity index (χ1v) is 8.35. The van der Waals surface area contributed by atoms with Crippen molar-refractivity contribution in [3.63, 3.8) is 0 Å². The first-order valence-electron chi connectivity index (χ1n) is 8.35. The first-order chi connectivity index (χ1) is 10.8. The molecule has 1 heterocycles. The lowest BCUT2D eigenvalue weighted by Crippen LogP contribution is -2.28. The summed E-state index contributed by atoms with van der Waals surface area (Å²) < 4.78 is 5.93. The molecule has 2 heteroatoms. The van der Waals surface area contributed by atoms with Gasteiger partial charge in [-0.2, -0.15) is 0 Å². The van der Waals surface area contributed by atoms with Gasteiger partial charge >= 0.3 is 0 Å². The van der Waals surface area contributed by atoms with E-state index in [9.17, 15) is 0 Å². The third-order valence-corrected chi connectivity index (χ3v) is 4.50. The Bertz CT molecular complexity index is 581. The normalized spacial score (nSPS) is 18.5. The molecule has 0 N–H and O–H groups in total. The highest BCUT2D eigenvalue weighted by Crippen LogP contribution is 2.23. The maximum absolute atomic E-state index is 5.93. The summed E-state index contributed by atoms with van der Waals surface area (Å²) in [5.74, 6) is 0.966. The lowest BCUT2D eigenvalue weighted by molar-refractivity contribution is 0.239. The number of likely N-dealkylation sites (tertiary alicyclic amines) is 1. The number of nitrogens with zero attached hydrogens (tertiary/aromatic N) is 1. The molecule has 0 amide bonds. The Morgan fingerprint density at radius 1 is 1.05 bits per heavy atom. The molecule has 0 radical (unpaired) electrons. The SMILES string of the molecule is CCC1CCCN1Cc1cccc(OCc2ccccc2)c1. The second-order valence-electron chi connectivity index (χ2n) is 6.10. The highest BCUT2D eigenvalue weighted by Gasteiger charge is 2.22. The van der Waals surface area contributed by atoms with Crippen LogP contribution in [-0.2, 0) is 13.2 Å². The minimum Gasteiger partial charge on any atom is -0.489 e. The topological polar surface area (TPSA) is 12.5 Å². The average Bonchev–Trinajstić information content (AvgIpc) is 3.01. The molecule has 0 bridgehead atoms. The summed E-state index contributed by atoms with van der Waals surface area (Å²) in [7, 11) is 0. The number of rotatable bonds is 6. The van der Waals surface area contributed by atoms with Crippen LogP contribution < -0.4 is 4.74 Å². The smallest absolute Gasteiger partial charge is 0.120 e. The second kappa shape index (κ2) is 7.46. The highest BCUT2D eigenvalue weighted by atomic mass is 16.5. The van der Waals surface area contributed by atoms with Crippen molar-refractivity contribution in [3.05, 3.63) is 65.7 Å². The van der Waals surface area contributed by atoms with E-state index in [0.717, 1.165) is 18.3 Å². The van der Waals surface area contributed by atoms with Crippen molar-refractivity contribution in [2.75, 3.05) is 6.54 Å². The van der Waals surface area contributed by atoms with Crippen LogP contribution in [0.5, 0.6) is 5.75 Å². The Balaban J connectivity index is 1.60. The van der Waals surface area contributed by atoms with Gasteiger partial charge in [-0.3, -0.25) is 4.90 Å². The highest BCUT2D eigenvalue weighted by molar-refractivity contribution is 5.29. The van der Waals surface area contributed by atoms with Crippen LogP contribution in [0, 0.1) is 0 Å². The van der Waals surface area contributed by atoms with Crippen molar-refractivity contribution in [2.24, 2.45) is 0 Å². The number of hydrogen-bond donors (Lipinski definition) is 0. The molecule has 2 aromatic rings. The van der Waals surface area contributed by atoms with Gasteiger partial charge in [0, 0.05) is 12.6 Å². The van der Waals surface area contributed by atoms with Crippen LogP contribution in [0.2, 0.25) is 0 Å². The maximum Gasteiger partial charge on any atom is 0.120 e. The van der Waals surface area contributed by atoms with E-state index in [1.807, 2.05) is 24.3 Å². The van der Waals surface area contributed by atoms with Crippen LogP contribution in [0.1, 0.15) is 37.3 Å². The summed E-state index contributed by atoms with van der Waals surface area (Å²) in [6.07, 6.45) is 3.94. The molecule has 1 aliphatic rings. The zero-order valence-electron chi connectivity index (χ0n) is 13.4. The van der Waals surface area contributed by atoms with Crippen molar-refractivity contribution < 1.29 is 4.74 Å². The van der Waals surface area contributed by atoms with E-state index < -0.39 is 0 Å². The summed E-state index contributed by atoms with van der Waals surface area (Å²) in [5.41, 5.74) is 2.56. The van der Waals surface area contributed by atoms with E-state index in [-0.39, 0.29) is 0 Å². The van der Waals surface area contributed by atoms with Crippen LogP contribution in [0.25, 0.3) is 0 Å². The third kappa shape index (κ3) is 3.89. The van der Waals surface area contributed by atoms with Crippen LogP contribution in [0.15, 0.2) is 54.6 Å². The van der Waals surface area contributed by atoms with Gasteiger partial charge in [-0.15, -0.1) is 0 Å². The van der Waals surface area contributed by atoms with Gasteiger partial charge in [-0.1, -0.05) is 49.4 Å². The molecule has 0 aliphatic carbocycles. The molecule has 1 atom stereocenters. The molecule has 2 nitrogen and oxygen atoms in total. The van der Waals surface area contributed by atoms with Crippen molar-refractivity contribution in [2.45, 2.75) is 45.4 Å². The zero-order chi connectivity index (χ0) is 15.2. The second-order valence-corrected chi connectivity index (χ2v) is 6.10. The van der Waals surface area contributed by atoms with Crippen LogP contribution in [-0.4, -0.2) is 17.5 Å². The minimum absolute atomic E-state index is 0.631. The largest absolute Gasteiger partial charge is 0.489 e. The first kappa shape index (κ1) is 15.1. The van der Waals surface area contributed by atoms with Crippen molar-refractivity contribution in [3.8, 4) is 5.75 Å². The van der Waals surface area contributed by atoms with E-state index in [1.54, 1.807) is 0 Å². The van der Waals surface area contributed by atoms with Crippen molar-refractivity contribution in [1.29, 1.82) is 0 Å². The third-order valence-electron chi connectivity index (χ3n) is 4.50. The monoisotopic (exact) mass is 295 g/mol. The predicted octanol–water partition coefficient (Wildman–Crippen LogP) is 4.64. The van der Waals surface area contributed by atoms with Crippen LogP contribution >= 0.6 is 0 Å². The fourth-order valence-electron chi connectivity index (χ4n) is 3.27. The van der Waals surface area contributed by atoms with E-state index in [4.69, 9.17) is 4.74 Å². The van der Waals surface area contributed by atoms with E-state index in [1.165, 1.54) is 36.9 Å². The molecule has 0 saturated carbocycles. The summed E-state index contributed by atoms with van der Waals surface area (Å²) in [4.78, 5) is 2.61. The molecule has 1 saturated heterocycles. The summed E-state index contributed by atoms with van der Waals surface area (Å²) in [5, 5.41) is 0. The van der Waals surface area contributed by atoms with Gasteiger partial charge in [0.1, 0.15) is 12.4 Å². The minimum atomic E-state index is 0.631. The number of hydrogen-bond acceptors (Lipinski definition) is 2. The number of ether oxygens (including phenoxy) is 1. The molecule has 3 rings (SSSR count). The summed E-state index contributed by atoms with van der Waals surface area (Å²) >= 11 is 0. The summed E-state index contributed by atoms with van der Waals surface area (Å²) in [6, 6.07) is 19.6. The van der Waals surface area contributed by atoms with Gasteiger partial charge in [0.25, 0.3) is 0 Å². The lowest BCUT2D eigenvalue weighted by Gasteiger charge is -2.23. The van der Waals surface area contributed by atoms with Gasteiger partial charge in [-0.25, -0.2) is 0 Å². The average molecular weight is 295 g/mol. The standard InChI is InChI=1S/C20H25NO/c1-2-19-11-7-13-21(19)15-18-10-6-12-20(14-18)22-16-17-8-4-3-5-9-17/h3-6,8-10,12,14,19H,2,7,11,13,15-16H2,1H3. The predicted molar refractivity (Wildman–Crippen MR) is 90.9 cm³/mol. The molecule has 2 aromatic carbocycles. The molecule has 116 valence electrons. The quantitative estimate of drug-likeness (QED) is 0.769. The van der Waals surface area contributed by atoms with E-state index in [0.29, 0.717) is 6.61 Å². The maximum atomic E-state index is 5.93. The van der Waals surface area contributed by atoms with Crippen molar-refractivity contribution >= 4 is 0 Å². The Morgan fingerprint density at radius 2 is 1.86 bits per heavy atom. The van der Waals surface area contributed by atoms with Gasteiger partial charge < -0.3 is 4.74 Å². The molecule has 22 heavy (non-hydrogen) atoms. The van der Waals surface area contributed by atoms with E-state index in [2.05, 4.69) is 42.2 Å². The molecule has 1 fully saturated rings. The Kier molecular flexibility index (Phi) is 5.12. The van der Waals surface area contributed by atoms with E-state index >= 15 is 0 Å².